The summed E-state index contributed by atoms with van der Waals surface area (Å²) in [5.74, 6) is 1.53. The summed E-state index contributed by atoms with van der Waals surface area (Å²) in [6, 6.07) is 13.6. The van der Waals surface area contributed by atoms with Crippen molar-refractivity contribution in [1.29, 1.82) is 0 Å². The highest BCUT2D eigenvalue weighted by atomic mass is 16.2. The van der Waals surface area contributed by atoms with Crippen LogP contribution in [-0.4, -0.2) is 35.3 Å². The molecule has 1 aromatic heterocycles. The lowest BCUT2D eigenvalue weighted by Gasteiger charge is -2.37. The van der Waals surface area contributed by atoms with Crippen LogP contribution in [0.2, 0.25) is 0 Å². The number of rotatable bonds is 8. The SMILES string of the molecule is CC1=CC(CNC(=O)c2ccncc2)C(C(C)C)CC1CC(=O)N(C)Cc1ccccc1. The van der Waals surface area contributed by atoms with Gasteiger partial charge in [-0.05, 0) is 54.7 Å². The third kappa shape index (κ3) is 6.28. The van der Waals surface area contributed by atoms with Gasteiger partial charge in [0, 0.05) is 44.5 Å². The molecule has 0 fully saturated rings. The molecule has 0 spiro atoms. The van der Waals surface area contributed by atoms with Gasteiger partial charge in [0.25, 0.3) is 5.91 Å². The molecule has 3 atom stereocenters. The third-order valence-corrected chi connectivity index (χ3v) is 6.63. The van der Waals surface area contributed by atoms with Gasteiger partial charge in [0.05, 0.1) is 0 Å². The molecular formula is C27H35N3O2. The number of carbonyl (C=O) groups excluding carboxylic acids is 2. The topological polar surface area (TPSA) is 62.3 Å². The Hall–Kier alpha value is -2.95. The lowest BCUT2D eigenvalue weighted by Crippen LogP contribution is -2.38. The van der Waals surface area contributed by atoms with Crippen LogP contribution in [-0.2, 0) is 11.3 Å². The second kappa shape index (κ2) is 11.1. The van der Waals surface area contributed by atoms with E-state index in [0.29, 0.717) is 36.9 Å². The van der Waals surface area contributed by atoms with Crippen molar-refractivity contribution in [2.24, 2.45) is 23.7 Å². The molecule has 2 amide bonds. The standard InChI is InChI=1S/C27H35N3O2/c1-19(2)25-15-23(16-26(31)30(4)18-21-8-6-5-7-9-21)20(3)14-24(25)17-29-27(32)22-10-12-28-13-11-22/h5-14,19,23-25H,15-18H2,1-4H3,(H,29,32). The van der Waals surface area contributed by atoms with Crippen molar-refractivity contribution < 1.29 is 9.59 Å². The number of carbonyl (C=O) groups is 2. The van der Waals surface area contributed by atoms with Gasteiger partial charge in [-0.25, -0.2) is 0 Å². The number of allylic oxidation sites excluding steroid dienone is 1. The Kier molecular flexibility index (Phi) is 8.20. The molecule has 1 heterocycles. The van der Waals surface area contributed by atoms with E-state index in [1.165, 1.54) is 5.57 Å². The molecule has 2 aromatic rings. The molecule has 3 rings (SSSR count). The van der Waals surface area contributed by atoms with Crippen molar-refractivity contribution in [1.82, 2.24) is 15.2 Å². The fourth-order valence-corrected chi connectivity index (χ4v) is 4.64. The normalized spacial score (nSPS) is 20.5. The van der Waals surface area contributed by atoms with Gasteiger partial charge in [0.2, 0.25) is 5.91 Å². The predicted octanol–water partition coefficient (Wildman–Crippen LogP) is 4.71. The van der Waals surface area contributed by atoms with Gasteiger partial charge in [0.1, 0.15) is 0 Å². The summed E-state index contributed by atoms with van der Waals surface area (Å²) in [4.78, 5) is 31.2. The van der Waals surface area contributed by atoms with Gasteiger partial charge in [-0.15, -0.1) is 0 Å². The van der Waals surface area contributed by atoms with Crippen LogP contribution in [0.3, 0.4) is 0 Å². The second-order valence-electron chi connectivity index (χ2n) is 9.30. The van der Waals surface area contributed by atoms with Gasteiger partial charge >= 0.3 is 0 Å². The van der Waals surface area contributed by atoms with E-state index >= 15 is 0 Å². The summed E-state index contributed by atoms with van der Waals surface area (Å²) in [7, 11) is 1.88. The first-order chi connectivity index (χ1) is 15.3. The molecular weight excluding hydrogens is 398 g/mol. The lowest BCUT2D eigenvalue weighted by molar-refractivity contribution is -0.131. The molecule has 3 unspecified atom stereocenters. The first-order valence-electron chi connectivity index (χ1n) is 11.5. The Balaban J connectivity index is 1.61. The average molecular weight is 434 g/mol. The quantitative estimate of drug-likeness (QED) is 0.613. The Morgan fingerprint density at radius 1 is 1.12 bits per heavy atom. The minimum atomic E-state index is -0.0687. The molecule has 1 N–H and O–H groups in total. The number of nitrogens with zero attached hydrogens (tertiary/aromatic N) is 2. The summed E-state index contributed by atoms with van der Waals surface area (Å²) in [6.07, 6.45) is 7.06. The molecule has 170 valence electrons. The number of benzene rings is 1. The zero-order valence-corrected chi connectivity index (χ0v) is 19.6. The summed E-state index contributed by atoms with van der Waals surface area (Å²) in [5.41, 5.74) is 3.03. The molecule has 5 heteroatoms. The zero-order chi connectivity index (χ0) is 23.1. The van der Waals surface area contributed by atoms with E-state index in [1.54, 1.807) is 24.5 Å². The molecule has 0 saturated heterocycles. The molecule has 1 aromatic carbocycles. The van der Waals surface area contributed by atoms with Crippen molar-refractivity contribution in [2.75, 3.05) is 13.6 Å². The van der Waals surface area contributed by atoms with Crippen LogP contribution in [0.5, 0.6) is 0 Å². The molecule has 0 saturated carbocycles. The maximum Gasteiger partial charge on any atom is 0.251 e. The van der Waals surface area contributed by atoms with Crippen molar-refractivity contribution in [3.8, 4) is 0 Å². The summed E-state index contributed by atoms with van der Waals surface area (Å²) in [6.45, 7) is 7.83. The van der Waals surface area contributed by atoms with E-state index < -0.39 is 0 Å². The predicted molar refractivity (Wildman–Crippen MR) is 128 cm³/mol. The first kappa shape index (κ1) is 23.7. The van der Waals surface area contributed by atoms with E-state index in [0.717, 1.165) is 12.0 Å². The lowest BCUT2D eigenvalue weighted by atomic mass is 9.69. The molecule has 0 radical (unpaired) electrons. The Morgan fingerprint density at radius 2 is 1.81 bits per heavy atom. The monoisotopic (exact) mass is 433 g/mol. The van der Waals surface area contributed by atoms with Crippen LogP contribution >= 0.6 is 0 Å². The Bertz CT molecular complexity index is 924. The minimum absolute atomic E-state index is 0.0687. The van der Waals surface area contributed by atoms with Crippen molar-refractivity contribution in [3.05, 3.63) is 77.6 Å². The van der Waals surface area contributed by atoms with Gasteiger partial charge < -0.3 is 10.2 Å². The van der Waals surface area contributed by atoms with E-state index in [-0.39, 0.29) is 23.7 Å². The molecule has 32 heavy (non-hydrogen) atoms. The van der Waals surface area contributed by atoms with Crippen LogP contribution in [0.4, 0.5) is 0 Å². The van der Waals surface area contributed by atoms with Crippen molar-refractivity contribution >= 4 is 11.8 Å². The minimum Gasteiger partial charge on any atom is -0.351 e. The maximum absolute atomic E-state index is 12.9. The van der Waals surface area contributed by atoms with Crippen LogP contribution in [0, 0.1) is 23.7 Å². The van der Waals surface area contributed by atoms with Gasteiger partial charge in [0.15, 0.2) is 0 Å². The highest BCUT2D eigenvalue weighted by Crippen LogP contribution is 2.39. The summed E-state index contributed by atoms with van der Waals surface area (Å²) < 4.78 is 0. The van der Waals surface area contributed by atoms with Crippen molar-refractivity contribution in [2.45, 2.75) is 40.2 Å². The average Bonchev–Trinajstić information content (AvgIpc) is 2.79. The second-order valence-corrected chi connectivity index (χ2v) is 9.30. The summed E-state index contributed by atoms with van der Waals surface area (Å²) in [5, 5.41) is 3.09. The first-order valence-corrected chi connectivity index (χ1v) is 11.5. The number of amides is 2. The number of nitrogens with one attached hydrogen (secondary N) is 1. The van der Waals surface area contributed by atoms with Crippen LogP contribution < -0.4 is 5.32 Å². The smallest absolute Gasteiger partial charge is 0.251 e. The molecule has 5 nitrogen and oxygen atoms in total. The van der Waals surface area contributed by atoms with Crippen LogP contribution in [0.1, 0.15) is 49.5 Å². The highest BCUT2D eigenvalue weighted by molar-refractivity contribution is 5.93. The van der Waals surface area contributed by atoms with Gasteiger partial charge in [-0.1, -0.05) is 55.8 Å². The van der Waals surface area contributed by atoms with E-state index in [9.17, 15) is 9.59 Å². The molecule has 1 aliphatic rings. The maximum atomic E-state index is 12.9. The molecule has 0 bridgehead atoms. The Labute approximate surface area is 191 Å². The molecule has 1 aliphatic carbocycles. The Morgan fingerprint density at radius 3 is 2.47 bits per heavy atom. The largest absolute Gasteiger partial charge is 0.351 e. The highest BCUT2D eigenvalue weighted by Gasteiger charge is 2.33. The number of hydrogen-bond acceptors (Lipinski definition) is 3. The summed E-state index contributed by atoms with van der Waals surface area (Å²) >= 11 is 0. The fraction of sp³-hybridized carbons (Fsp3) is 0.444. The van der Waals surface area contributed by atoms with E-state index in [4.69, 9.17) is 0 Å². The van der Waals surface area contributed by atoms with E-state index in [2.05, 4.69) is 49.3 Å². The fourth-order valence-electron chi connectivity index (χ4n) is 4.64. The van der Waals surface area contributed by atoms with Crippen LogP contribution in [0.25, 0.3) is 0 Å². The van der Waals surface area contributed by atoms with Crippen molar-refractivity contribution in [3.63, 3.8) is 0 Å². The van der Waals surface area contributed by atoms with Crippen LogP contribution in [0.15, 0.2) is 66.5 Å². The van der Waals surface area contributed by atoms with E-state index in [1.807, 2.05) is 30.1 Å². The number of hydrogen-bond donors (Lipinski definition) is 1. The zero-order valence-electron chi connectivity index (χ0n) is 19.6. The molecule has 0 aliphatic heterocycles. The van der Waals surface area contributed by atoms with Gasteiger partial charge in [-0.2, -0.15) is 0 Å². The number of pyridine rings is 1. The van der Waals surface area contributed by atoms with Gasteiger partial charge in [-0.3, -0.25) is 14.6 Å². The number of aromatic nitrogens is 1. The third-order valence-electron chi connectivity index (χ3n) is 6.63.